The Balaban J connectivity index is 2.31. The predicted molar refractivity (Wildman–Crippen MR) is 67.0 cm³/mol. The van der Waals surface area contributed by atoms with Gasteiger partial charge in [-0.1, -0.05) is 6.07 Å². The zero-order valence-corrected chi connectivity index (χ0v) is 10.4. The van der Waals surface area contributed by atoms with Gasteiger partial charge in [0.2, 0.25) is 0 Å². The van der Waals surface area contributed by atoms with Crippen LogP contribution in [0.4, 0.5) is 5.69 Å². The van der Waals surface area contributed by atoms with Gasteiger partial charge in [0.05, 0.1) is 13.2 Å². The van der Waals surface area contributed by atoms with Crippen molar-refractivity contribution in [3.8, 4) is 5.75 Å². The van der Waals surface area contributed by atoms with E-state index in [1.54, 1.807) is 13.0 Å². The SMILES string of the molecule is CCOC(=O)CCCOc1cc(N)ccc1C. The Labute approximate surface area is 102 Å². The van der Waals surface area contributed by atoms with E-state index in [4.69, 9.17) is 15.2 Å². The molecule has 0 aromatic heterocycles. The summed E-state index contributed by atoms with van der Waals surface area (Å²) in [5.74, 6) is 0.592. The molecule has 4 nitrogen and oxygen atoms in total. The molecule has 0 heterocycles. The molecule has 0 fully saturated rings. The number of benzene rings is 1. The third kappa shape index (κ3) is 4.76. The zero-order valence-electron chi connectivity index (χ0n) is 10.4. The van der Waals surface area contributed by atoms with Crippen LogP contribution in [-0.4, -0.2) is 19.2 Å². The maximum absolute atomic E-state index is 11.1. The highest BCUT2D eigenvalue weighted by atomic mass is 16.5. The van der Waals surface area contributed by atoms with Gasteiger partial charge < -0.3 is 15.2 Å². The summed E-state index contributed by atoms with van der Waals surface area (Å²) < 4.78 is 10.4. The van der Waals surface area contributed by atoms with Crippen molar-refractivity contribution >= 4 is 11.7 Å². The minimum atomic E-state index is -0.180. The van der Waals surface area contributed by atoms with E-state index in [1.807, 2.05) is 19.1 Å². The summed E-state index contributed by atoms with van der Waals surface area (Å²) in [5.41, 5.74) is 7.38. The summed E-state index contributed by atoms with van der Waals surface area (Å²) in [7, 11) is 0. The topological polar surface area (TPSA) is 61.5 Å². The van der Waals surface area contributed by atoms with Crippen molar-refractivity contribution in [2.24, 2.45) is 0 Å². The van der Waals surface area contributed by atoms with Gasteiger partial charge in [0, 0.05) is 18.2 Å². The second kappa shape index (κ2) is 6.78. The molecule has 0 saturated carbocycles. The number of ether oxygens (including phenoxy) is 2. The Morgan fingerprint density at radius 2 is 2.18 bits per heavy atom. The zero-order chi connectivity index (χ0) is 12.7. The number of nitrogens with two attached hydrogens (primary N) is 1. The van der Waals surface area contributed by atoms with Crippen LogP contribution in [0, 0.1) is 6.92 Å². The molecule has 0 spiro atoms. The van der Waals surface area contributed by atoms with E-state index in [0.29, 0.717) is 31.7 Å². The molecule has 0 aliphatic carbocycles. The molecule has 1 rings (SSSR count). The summed E-state index contributed by atoms with van der Waals surface area (Å²) in [5, 5.41) is 0. The first-order valence-electron chi connectivity index (χ1n) is 5.78. The van der Waals surface area contributed by atoms with Crippen molar-refractivity contribution in [2.75, 3.05) is 18.9 Å². The van der Waals surface area contributed by atoms with Crippen LogP contribution in [0.3, 0.4) is 0 Å². The van der Waals surface area contributed by atoms with Gasteiger partial charge in [-0.25, -0.2) is 0 Å². The molecular weight excluding hydrogens is 218 g/mol. The van der Waals surface area contributed by atoms with E-state index in [0.717, 1.165) is 11.3 Å². The average Bonchev–Trinajstić information content (AvgIpc) is 2.29. The summed E-state index contributed by atoms with van der Waals surface area (Å²) in [4.78, 5) is 11.1. The van der Waals surface area contributed by atoms with E-state index in [-0.39, 0.29) is 5.97 Å². The Kier molecular flexibility index (Phi) is 5.33. The molecule has 0 aliphatic heterocycles. The van der Waals surface area contributed by atoms with Gasteiger partial charge >= 0.3 is 5.97 Å². The third-order valence-corrected chi connectivity index (χ3v) is 2.30. The highest BCUT2D eigenvalue weighted by Crippen LogP contribution is 2.20. The van der Waals surface area contributed by atoms with Crippen molar-refractivity contribution in [3.63, 3.8) is 0 Å². The number of rotatable bonds is 6. The molecule has 2 N–H and O–H groups in total. The molecule has 17 heavy (non-hydrogen) atoms. The van der Waals surface area contributed by atoms with Crippen LogP contribution < -0.4 is 10.5 Å². The number of carbonyl (C=O) groups is 1. The van der Waals surface area contributed by atoms with Crippen LogP contribution in [0.5, 0.6) is 5.75 Å². The molecule has 0 aliphatic rings. The van der Waals surface area contributed by atoms with Gasteiger partial charge in [0.15, 0.2) is 0 Å². The molecule has 4 heteroatoms. The highest BCUT2D eigenvalue weighted by Gasteiger charge is 2.03. The second-order valence-corrected chi connectivity index (χ2v) is 3.78. The highest BCUT2D eigenvalue weighted by molar-refractivity contribution is 5.69. The van der Waals surface area contributed by atoms with Gasteiger partial charge in [0.1, 0.15) is 5.75 Å². The lowest BCUT2D eigenvalue weighted by molar-refractivity contribution is -0.143. The summed E-state index contributed by atoms with van der Waals surface area (Å²) >= 11 is 0. The van der Waals surface area contributed by atoms with Crippen LogP contribution in [0.25, 0.3) is 0 Å². The molecular formula is C13H19NO3. The molecule has 1 aromatic rings. The van der Waals surface area contributed by atoms with Gasteiger partial charge in [0.25, 0.3) is 0 Å². The lowest BCUT2D eigenvalue weighted by Gasteiger charge is -2.09. The summed E-state index contributed by atoms with van der Waals surface area (Å²) in [6.07, 6.45) is 1.03. The largest absolute Gasteiger partial charge is 0.493 e. The van der Waals surface area contributed by atoms with Crippen LogP contribution in [0.1, 0.15) is 25.3 Å². The number of anilines is 1. The van der Waals surface area contributed by atoms with Crippen LogP contribution in [-0.2, 0) is 9.53 Å². The molecule has 0 saturated heterocycles. The van der Waals surface area contributed by atoms with Gasteiger partial charge in [-0.2, -0.15) is 0 Å². The van der Waals surface area contributed by atoms with Gasteiger partial charge in [-0.3, -0.25) is 4.79 Å². The first-order valence-corrected chi connectivity index (χ1v) is 5.78. The summed E-state index contributed by atoms with van der Waals surface area (Å²) in [6.45, 7) is 4.67. The van der Waals surface area contributed by atoms with Gasteiger partial charge in [-0.15, -0.1) is 0 Å². The number of hydrogen-bond acceptors (Lipinski definition) is 4. The van der Waals surface area contributed by atoms with E-state index in [9.17, 15) is 4.79 Å². The minimum Gasteiger partial charge on any atom is -0.493 e. The fourth-order valence-corrected chi connectivity index (χ4v) is 1.40. The molecule has 1 aromatic carbocycles. The maximum Gasteiger partial charge on any atom is 0.305 e. The smallest absolute Gasteiger partial charge is 0.305 e. The molecule has 0 atom stereocenters. The predicted octanol–water partition coefficient (Wildman–Crippen LogP) is 2.30. The van der Waals surface area contributed by atoms with Crippen LogP contribution in [0.2, 0.25) is 0 Å². The Morgan fingerprint density at radius 1 is 1.41 bits per heavy atom. The number of carbonyl (C=O) groups excluding carboxylic acids is 1. The first kappa shape index (κ1) is 13.4. The standard InChI is InChI=1S/C13H19NO3/c1-3-16-13(15)5-4-8-17-12-9-11(14)7-6-10(12)2/h6-7,9H,3-5,8,14H2,1-2H3. The van der Waals surface area contributed by atoms with Crippen molar-refractivity contribution in [3.05, 3.63) is 23.8 Å². The third-order valence-electron chi connectivity index (χ3n) is 2.30. The van der Waals surface area contributed by atoms with Crippen molar-refractivity contribution in [2.45, 2.75) is 26.7 Å². The normalized spacial score (nSPS) is 10.0. The monoisotopic (exact) mass is 237 g/mol. The first-order chi connectivity index (χ1) is 8.13. The molecule has 0 radical (unpaired) electrons. The fraction of sp³-hybridized carbons (Fsp3) is 0.462. The quantitative estimate of drug-likeness (QED) is 0.468. The van der Waals surface area contributed by atoms with E-state index in [2.05, 4.69) is 0 Å². The Bertz CT molecular complexity index is 377. The number of esters is 1. The van der Waals surface area contributed by atoms with Crippen molar-refractivity contribution in [1.82, 2.24) is 0 Å². The Hall–Kier alpha value is -1.71. The van der Waals surface area contributed by atoms with Crippen LogP contribution >= 0.6 is 0 Å². The number of aryl methyl sites for hydroxylation is 1. The van der Waals surface area contributed by atoms with E-state index < -0.39 is 0 Å². The van der Waals surface area contributed by atoms with Crippen molar-refractivity contribution < 1.29 is 14.3 Å². The van der Waals surface area contributed by atoms with Crippen molar-refractivity contribution in [1.29, 1.82) is 0 Å². The Morgan fingerprint density at radius 3 is 2.88 bits per heavy atom. The van der Waals surface area contributed by atoms with E-state index >= 15 is 0 Å². The number of hydrogen-bond donors (Lipinski definition) is 1. The molecule has 0 bridgehead atoms. The fourth-order valence-electron chi connectivity index (χ4n) is 1.40. The average molecular weight is 237 g/mol. The second-order valence-electron chi connectivity index (χ2n) is 3.78. The van der Waals surface area contributed by atoms with Gasteiger partial charge in [-0.05, 0) is 31.9 Å². The summed E-state index contributed by atoms with van der Waals surface area (Å²) in [6, 6.07) is 5.54. The molecule has 0 unspecified atom stereocenters. The maximum atomic E-state index is 11.1. The molecule has 94 valence electrons. The minimum absolute atomic E-state index is 0.180. The van der Waals surface area contributed by atoms with Crippen LogP contribution in [0.15, 0.2) is 18.2 Å². The lowest BCUT2D eigenvalue weighted by Crippen LogP contribution is -2.07. The lowest BCUT2D eigenvalue weighted by atomic mass is 10.2. The molecule has 0 amide bonds. The van der Waals surface area contributed by atoms with E-state index in [1.165, 1.54) is 0 Å². The number of nitrogen functional groups attached to an aromatic ring is 1.